The summed E-state index contributed by atoms with van der Waals surface area (Å²) in [6.45, 7) is 4.07. The summed E-state index contributed by atoms with van der Waals surface area (Å²) >= 11 is 0. The predicted octanol–water partition coefficient (Wildman–Crippen LogP) is 2.91. The van der Waals surface area contributed by atoms with Gasteiger partial charge in [0, 0.05) is 12.6 Å². The lowest BCUT2D eigenvalue weighted by Crippen LogP contribution is -2.33. The van der Waals surface area contributed by atoms with E-state index in [1.165, 1.54) is 64.2 Å². The minimum absolute atomic E-state index is 0.142. The Labute approximate surface area is 143 Å². The van der Waals surface area contributed by atoms with Crippen LogP contribution in [0, 0.1) is 0 Å². The summed E-state index contributed by atoms with van der Waals surface area (Å²) in [6.07, 6.45) is 15.3. The Morgan fingerprint density at radius 2 is 1.48 bits per heavy atom. The molecule has 0 aliphatic heterocycles. The van der Waals surface area contributed by atoms with Crippen LogP contribution in [0.25, 0.3) is 0 Å². The van der Waals surface area contributed by atoms with E-state index in [0.717, 1.165) is 19.4 Å². The molecule has 6 N–H and O–H groups in total. The van der Waals surface area contributed by atoms with Gasteiger partial charge in [-0.15, -0.1) is 0 Å². The van der Waals surface area contributed by atoms with Gasteiger partial charge in [0.15, 0.2) is 5.96 Å². The Hall–Kier alpha value is -0.810. The van der Waals surface area contributed by atoms with Gasteiger partial charge in [-0.2, -0.15) is 0 Å². The average molecular weight is 329 g/mol. The lowest BCUT2D eigenvalue weighted by atomic mass is 10.1. The molecule has 0 aliphatic rings. The third-order valence-corrected chi connectivity index (χ3v) is 4.19. The van der Waals surface area contributed by atoms with Gasteiger partial charge in [-0.3, -0.25) is 4.99 Å². The van der Waals surface area contributed by atoms with Crippen LogP contribution in [0.2, 0.25) is 0 Å². The highest BCUT2D eigenvalue weighted by Gasteiger charge is 2.05. The van der Waals surface area contributed by atoms with Gasteiger partial charge in [0.2, 0.25) is 0 Å². The summed E-state index contributed by atoms with van der Waals surface area (Å²) in [4.78, 5) is 3.96. The highest BCUT2D eigenvalue weighted by molar-refractivity contribution is 5.75. The molecular formula is C18H40N4O. The summed E-state index contributed by atoms with van der Waals surface area (Å²) < 4.78 is 0. The second kappa shape index (κ2) is 17.5. The van der Waals surface area contributed by atoms with Gasteiger partial charge in [0.05, 0.1) is 6.61 Å². The molecule has 138 valence electrons. The molecule has 0 aromatic rings. The third-order valence-electron chi connectivity index (χ3n) is 4.19. The molecule has 0 amide bonds. The number of rotatable bonds is 17. The van der Waals surface area contributed by atoms with E-state index in [4.69, 9.17) is 11.5 Å². The van der Waals surface area contributed by atoms with Crippen molar-refractivity contribution in [2.24, 2.45) is 16.5 Å². The molecule has 0 radical (unpaired) electrons. The number of aliphatic hydroxyl groups excluding tert-OH is 1. The number of guanidine groups is 1. The van der Waals surface area contributed by atoms with Crippen LogP contribution >= 0.6 is 0 Å². The Bertz CT molecular complexity index is 268. The van der Waals surface area contributed by atoms with E-state index in [1.54, 1.807) is 0 Å². The number of aliphatic imine (C=N–C) groups is 1. The topological polar surface area (TPSA) is 96.7 Å². The van der Waals surface area contributed by atoms with E-state index in [-0.39, 0.29) is 18.6 Å². The summed E-state index contributed by atoms with van der Waals surface area (Å²) in [5.74, 6) is 0.142. The number of aliphatic hydroxyl groups is 1. The molecule has 1 atom stereocenters. The fraction of sp³-hybridized carbons (Fsp3) is 0.944. The maximum absolute atomic E-state index is 9.35. The van der Waals surface area contributed by atoms with Crippen molar-refractivity contribution in [2.45, 2.75) is 90.0 Å². The Balaban J connectivity index is 3.32. The van der Waals surface area contributed by atoms with Gasteiger partial charge in [-0.1, -0.05) is 64.7 Å². The van der Waals surface area contributed by atoms with Crippen molar-refractivity contribution in [2.75, 3.05) is 19.7 Å². The van der Waals surface area contributed by atoms with E-state index < -0.39 is 0 Å². The molecule has 0 heterocycles. The summed E-state index contributed by atoms with van der Waals surface area (Å²) in [5.41, 5.74) is 10.6. The maximum Gasteiger partial charge on any atom is 0.185 e. The highest BCUT2D eigenvalue weighted by Crippen LogP contribution is 2.10. The maximum atomic E-state index is 9.35. The summed E-state index contributed by atoms with van der Waals surface area (Å²) in [5, 5.41) is 12.8. The first-order chi connectivity index (χ1) is 11.2. The Morgan fingerprint density at radius 1 is 0.913 bits per heavy atom. The van der Waals surface area contributed by atoms with E-state index in [0.29, 0.717) is 6.54 Å². The zero-order chi connectivity index (χ0) is 17.2. The van der Waals surface area contributed by atoms with Gasteiger partial charge in [-0.05, 0) is 25.8 Å². The minimum atomic E-state index is 0.142. The van der Waals surface area contributed by atoms with E-state index in [2.05, 4.69) is 17.2 Å². The molecule has 0 saturated carbocycles. The molecule has 5 nitrogen and oxygen atoms in total. The number of hydrogen-bond donors (Lipinski definition) is 4. The first-order valence-electron chi connectivity index (χ1n) is 9.60. The van der Waals surface area contributed by atoms with Gasteiger partial charge in [0.25, 0.3) is 0 Å². The molecule has 0 spiro atoms. The fourth-order valence-electron chi connectivity index (χ4n) is 2.72. The standard InChI is InChI=1S/C18H40N4O/c1-2-3-4-5-6-7-8-9-10-11-14-21-17(16-23)13-12-15-22-18(19)20/h17,21,23H,2-16H2,1H3,(H4,19,20,22)/t17-/m0/s1. The summed E-state index contributed by atoms with van der Waals surface area (Å²) in [6, 6.07) is 0.169. The number of nitrogens with one attached hydrogen (secondary N) is 1. The fourth-order valence-corrected chi connectivity index (χ4v) is 2.72. The molecule has 0 aromatic carbocycles. The third kappa shape index (κ3) is 17.4. The average Bonchev–Trinajstić information content (AvgIpc) is 2.54. The highest BCUT2D eigenvalue weighted by atomic mass is 16.3. The van der Waals surface area contributed by atoms with Gasteiger partial charge in [-0.25, -0.2) is 0 Å². The number of nitrogens with two attached hydrogens (primary N) is 2. The van der Waals surface area contributed by atoms with E-state index >= 15 is 0 Å². The molecule has 23 heavy (non-hydrogen) atoms. The molecule has 0 aliphatic carbocycles. The van der Waals surface area contributed by atoms with Crippen molar-refractivity contribution in [1.29, 1.82) is 0 Å². The molecule has 0 fully saturated rings. The van der Waals surface area contributed by atoms with Crippen molar-refractivity contribution in [3.8, 4) is 0 Å². The van der Waals surface area contributed by atoms with Crippen LogP contribution in [0.15, 0.2) is 4.99 Å². The second-order valence-corrected chi connectivity index (χ2v) is 6.46. The molecule has 0 unspecified atom stereocenters. The van der Waals surface area contributed by atoms with Crippen molar-refractivity contribution in [3.05, 3.63) is 0 Å². The van der Waals surface area contributed by atoms with E-state index in [1.807, 2.05) is 0 Å². The van der Waals surface area contributed by atoms with Crippen molar-refractivity contribution >= 4 is 5.96 Å². The first-order valence-corrected chi connectivity index (χ1v) is 9.60. The monoisotopic (exact) mass is 328 g/mol. The second-order valence-electron chi connectivity index (χ2n) is 6.46. The van der Waals surface area contributed by atoms with Crippen LogP contribution in [-0.4, -0.2) is 36.8 Å². The zero-order valence-corrected chi connectivity index (χ0v) is 15.2. The van der Waals surface area contributed by atoms with Crippen LogP contribution < -0.4 is 16.8 Å². The molecule has 0 bridgehead atoms. The van der Waals surface area contributed by atoms with Gasteiger partial charge >= 0.3 is 0 Å². The number of nitrogens with zero attached hydrogens (tertiary/aromatic N) is 1. The first kappa shape index (κ1) is 22.2. The SMILES string of the molecule is CCCCCCCCCCCCN[C@H](CO)CCCN=C(N)N. The summed E-state index contributed by atoms with van der Waals surface area (Å²) in [7, 11) is 0. The van der Waals surface area contributed by atoms with Crippen molar-refractivity contribution < 1.29 is 5.11 Å². The molecule has 5 heteroatoms. The number of unbranched alkanes of at least 4 members (excludes halogenated alkanes) is 9. The van der Waals surface area contributed by atoms with Crippen LogP contribution in [0.4, 0.5) is 0 Å². The van der Waals surface area contributed by atoms with E-state index in [9.17, 15) is 5.11 Å². The van der Waals surface area contributed by atoms with Crippen LogP contribution in [0.1, 0.15) is 84.0 Å². The predicted molar refractivity (Wildman–Crippen MR) is 101 cm³/mol. The van der Waals surface area contributed by atoms with Crippen molar-refractivity contribution in [1.82, 2.24) is 5.32 Å². The smallest absolute Gasteiger partial charge is 0.185 e. The van der Waals surface area contributed by atoms with Gasteiger partial charge in [0.1, 0.15) is 0 Å². The normalized spacial score (nSPS) is 12.3. The largest absolute Gasteiger partial charge is 0.395 e. The van der Waals surface area contributed by atoms with Crippen molar-refractivity contribution in [3.63, 3.8) is 0 Å². The molecule has 0 saturated heterocycles. The zero-order valence-electron chi connectivity index (χ0n) is 15.2. The minimum Gasteiger partial charge on any atom is -0.395 e. The quantitative estimate of drug-likeness (QED) is 0.187. The van der Waals surface area contributed by atoms with Crippen LogP contribution in [0.5, 0.6) is 0 Å². The number of hydrogen-bond acceptors (Lipinski definition) is 3. The lowest BCUT2D eigenvalue weighted by molar-refractivity contribution is 0.233. The molecule has 0 rings (SSSR count). The van der Waals surface area contributed by atoms with Gasteiger partial charge < -0.3 is 21.9 Å². The Kier molecular flexibility index (Phi) is 16.9. The van der Waals surface area contributed by atoms with Crippen LogP contribution in [-0.2, 0) is 0 Å². The Morgan fingerprint density at radius 3 is 2.00 bits per heavy atom. The lowest BCUT2D eigenvalue weighted by Gasteiger charge is -2.15. The van der Waals surface area contributed by atoms with Crippen LogP contribution in [0.3, 0.4) is 0 Å². The molecular weight excluding hydrogens is 288 g/mol. The molecule has 0 aromatic heterocycles.